The number of nitrogens with zero attached hydrogens (tertiary/aromatic N) is 1. The number of aromatic nitrogens is 1. The van der Waals surface area contributed by atoms with Gasteiger partial charge in [-0.25, -0.2) is 9.37 Å². The highest BCUT2D eigenvalue weighted by molar-refractivity contribution is 6.35. The normalized spacial score (nSPS) is 10.3. The van der Waals surface area contributed by atoms with Gasteiger partial charge in [-0.15, -0.1) is 0 Å². The molecule has 1 aromatic carbocycles. The molecule has 98 valence electrons. The lowest BCUT2D eigenvalue weighted by atomic mass is 10.2. The Morgan fingerprint density at radius 2 is 2.05 bits per heavy atom. The van der Waals surface area contributed by atoms with Crippen LogP contribution in [0.1, 0.15) is 5.56 Å². The van der Waals surface area contributed by atoms with E-state index in [0.29, 0.717) is 0 Å². The maximum atomic E-state index is 13.7. The van der Waals surface area contributed by atoms with Crippen LogP contribution in [0.4, 0.5) is 4.39 Å². The van der Waals surface area contributed by atoms with Crippen LogP contribution in [0.5, 0.6) is 11.6 Å². The summed E-state index contributed by atoms with van der Waals surface area (Å²) in [4.78, 5) is 3.87. The van der Waals surface area contributed by atoms with Crippen molar-refractivity contribution in [2.24, 2.45) is 5.73 Å². The van der Waals surface area contributed by atoms with E-state index in [9.17, 15) is 4.39 Å². The first kappa shape index (κ1) is 13.6. The molecule has 0 saturated carbocycles. The van der Waals surface area contributed by atoms with E-state index in [1.807, 2.05) is 0 Å². The van der Waals surface area contributed by atoms with E-state index in [-0.39, 0.29) is 33.1 Å². The van der Waals surface area contributed by atoms with Crippen LogP contribution in [0.15, 0.2) is 30.5 Å². The lowest BCUT2D eigenvalue weighted by Crippen LogP contribution is -2.12. The number of nitrogens with two attached hydrogens (primary N) is 1. The van der Waals surface area contributed by atoms with Gasteiger partial charge in [-0.3, -0.25) is 5.41 Å². The van der Waals surface area contributed by atoms with Crippen molar-refractivity contribution in [3.05, 3.63) is 51.9 Å². The molecular formula is C12H8Cl2FN3O. The molecule has 1 aromatic heterocycles. The predicted molar refractivity (Wildman–Crippen MR) is 71.7 cm³/mol. The van der Waals surface area contributed by atoms with Crippen molar-refractivity contribution in [2.45, 2.75) is 0 Å². The molecule has 4 nitrogen and oxygen atoms in total. The summed E-state index contributed by atoms with van der Waals surface area (Å²) in [5.41, 5.74) is 5.61. The number of nitrogen functional groups attached to an aromatic ring is 1. The van der Waals surface area contributed by atoms with Gasteiger partial charge in [-0.1, -0.05) is 29.3 Å². The number of hydrogen-bond donors (Lipinski definition) is 2. The molecule has 19 heavy (non-hydrogen) atoms. The van der Waals surface area contributed by atoms with Gasteiger partial charge in [0.25, 0.3) is 0 Å². The fourth-order valence-electron chi connectivity index (χ4n) is 1.37. The smallest absolute Gasteiger partial charge is 0.239 e. The number of benzene rings is 1. The zero-order valence-electron chi connectivity index (χ0n) is 9.45. The molecule has 0 amide bonds. The largest absolute Gasteiger partial charge is 0.434 e. The molecule has 0 radical (unpaired) electrons. The summed E-state index contributed by atoms with van der Waals surface area (Å²) < 4.78 is 18.9. The fraction of sp³-hybridized carbons (Fsp3) is 0. The van der Waals surface area contributed by atoms with Crippen molar-refractivity contribution in [2.75, 3.05) is 0 Å². The lowest BCUT2D eigenvalue weighted by molar-refractivity contribution is 0.428. The third-order valence-corrected chi connectivity index (χ3v) is 2.93. The second-order valence-electron chi connectivity index (χ2n) is 3.55. The summed E-state index contributed by atoms with van der Waals surface area (Å²) in [6.45, 7) is 0. The minimum Gasteiger partial charge on any atom is -0.434 e. The summed E-state index contributed by atoms with van der Waals surface area (Å²) in [6.07, 6.45) is 1.36. The van der Waals surface area contributed by atoms with E-state index >= 15 is 0 Å². The lowest BCUT2D eigenvalue weighted by Gasteiger charge is -2.10. The Morgan fingerprint density at radius 1 is 1.32 bits per heavy atom. The predicted octanol–water partition coefficient (Wildman–Crippen LogP) is 3.60. The van der Waals surface area contributed by atoms with Crippen molar-refractivity contribution >= 4 is 29.0 Å². The Bertz CT molecular complexity index is 649. The topological polar surface area (TPSA) is 72.0 Å². The van der Waals surface area contributed by atoms with Crippen molar-refractivity contribution in [1.82, 2.24) is 4.98 Å². The van der Waals surface area contributed by atoms with Gasteiger partial charge < -0.3 is 10.5 Å². The molecule has 3 N–H and O–H groups in total. The average molecular weight is 300 g/mol. The molecule has 0 aliphatic rings. The highest BCUT2D eigenvalue weighted by atomic mass is 35.5. The van der Waals surface area contributed by atoms with Crippen molar-refractivity contribution in [3.8, 4) is 11.6 Å². The summed E-state index contributed by atoms with van der Waals surface area (Å²) in [6, 6.07) is 5.78. The third kappa shape index (κ3) is 2.77. The molecule has 7 heteroatoms. The van der Waals surface area contributed by atoms with Crippen molar-refractivity contribution < 1.29 is 9.13 Å². The van der Waals surface area contributed by atoms with E-state index in [2.05, 4.69) is 4.98 Å². The number of pyridine rings is 1. The SMILES string of the molecule is N=C(N)c1ccnc(Oc2cccc(Cl)c2F)c1Cl. The van der Waals surface area contributed by atoms with Gasteiger partial charge in [0.2, 0.25) is 5.88 Å². The number of hydrogen-bond acceptors (Lipinski definition) is 3. The maximum absolute atomic E-state index is 13.7. The second-order valence-corrected chi connectivity index (χ2v) is 4.33. The standard InChI is InChI=1S/C12H8Cl2FN3O/c13-7-2-1-3-8(10(7)15)19-12-9(14)6(11(16)17)4-5-18-12/h1-5H,(H3,16,17). The molecule has 2 rings (SSSR count). The molecule has 0 bridgehead atoms. The zero-order chi connectivity index (χ0) is 14.0. The molecule has 0 fully saturated rings. The first-order valence-electron chi connectivity index (χ1n) is 5.11. The molecule has 0 saturated heterocycles. The first-order chi connectivity index (χ1) is 9.00. The molecular weight excluding hydrogens is 292 g/mol. The van der Waals surface area contributed by atoms with Gasteiger partial charge in [0.05, 0.1) is 5.02 Å². The highest BCUT2D eigenvalue weighted by Crippen LogP contribution is 2.32. The van der Waals surface area contributed by atoms with E-state index in [1.54, 1.807) is 0 Å². The quantitative estimate of drug-likeness (QED) is 0.672. The molecule has 1 heterocycles. The molecule has 0 aliphatic heterocycles. The van der Waals surface area contributed by atoms with Crippen LogP contribution in [-0.2, 0) is 0 Å². The van der Waals surface area contributed by atoms with Crippen molar-refractivity contribution in [1.29, 1.82) is 5.41 Å². The number of rotatable bonds is 3. The monoisotopic (exact) mass is 299 g/mol. The number of amidine groups is 1. The van der Waals surface area contributed by atoms with E-state index < -0.39 is 5.82 Å². The first-order valence-corrected chi connectivity index (χ1v) is 5.87. The van der Waals surface area contributed by atoms with Crippen LogP contribution >= 0.6 is 23.2 Å². The summed E-state index contributed by atoms with van der Waals surface area (Å²) >= 11 is 11.6. The van der Waals surface area contributed by atoms with Gasteiger partial charge >= 0.3 is 0 Å². The maximum Gasteiger partial charge on any atom is 0.239 e. The van der Waals surface area contributed by atoms with Crippen LogP contribution in [0, 0.1) is 11.2 Å². The Kier molecular flexibility index (Phi) is 3.87. The second kappa shape index (κ2) is 5.42. The fourth-order valence-corrected chi connectivity index (χ4v) is 1.79. The summed E-state index contributed by atoms with van der Waals surface area (Å²) in [5, 5.41) is 7.31. The van der Waals surface area contributed by atoms with Crippen LogP contribution in [0.3, 0.4) is 0 Å². The van der Waals surface area contributed by atoms with Crippen LogP contribution < -0.4 is 10.5 Å². The number of ether oxygens (including phenoxy) is 1. The van der Waals surface area contributed by atoms with E-state index in [0.717, 1.165) is 0 Å². The van der Waals surface area contributed by atoms with Crippen LogP contribution in [-0.4, -0.2) is 10.8 Å². The van der Waals surface area contributed by atoms with Gasteiger partial charge in [0.1, 0.15) is 10.9 Å². The van der Waals surface area contributed by atoms with E-state index in [1.165, 1.54) is 30.5 Å². The van der Waals surface area contributed by atoms with Crippen LogP contribution in [0.25, 0.3) is 0 Å². The van der Waals surface area contributed by atoms with Gasteiger partial charge in [-0.2, -0.15) is 0 Å². The number of halogens is 3. The van der Waals surface area contributed by atoms with Gasteiger partial charge in [0.15, 0.2) is 11.6 Å². The zero-order valence-corrected chi connectivity index (χ0v) is 11.0. The third-order valence-electron chi connectivity index (χ3n) is 2.27. The summed E-state index contributed by atoms with van der Waals surface area (Å²) in [5.74, 6) is -1.10. The Balaban J connectivity index is 2.42. The van der Waals surface area contributed by atoms with Gasteiger partial charge in [-0.05, 0) is 18.2 Å². The Hall–Kier alpha value is -1.85. The van der Waals surface area contributed by atoms with E-state index in [4.69, 9.17) is 39.1 Å². The number of nitrogens with one attached hydrogen (secondary N) is 1. The minimum atomic E-state index is -0.713. The minimum absolute atomic E-state index is 0.0365. The van der Waals surface area contributed by atoms with Crippen LogP contribution in [0.2, 0.25) is 10.0 Å². The van der Waals surface area contributed by atoms with Gasteiger partial charge in [0, 0.05) is 11.8 Å². The van der Waals surface area contributed by atoms with Crippen molar-refractivity contribution in [3.63, 3.8) is 0 Å². The molecule has 2 aromatic rings. The molecule has 0 atom stereocenters. The summed E-state index contributed by atoms with van der Waals surface area (Å²) in [7, 11) is 0. The Morgan fingerprint density at radius 3 is 2.74 bits per heavy atom. The Labute approximate surface area is 118 Å². The molecule has 0 spiro atoms. The molecule has 0 unspecified atom stereocenters. The highest BCUT2D eigenvalue weighted by Gasteiger charge is 2.14. The average Bonchev–Trinajstić information content (AvgIpc) is 2.37. The molecule has 0 aliphatic carbocycles.